The minimum absolute atomic E-state index is 0.226. The van der Waals surface area contributed by atoms with Crippen LogP contribution in [0, 0.1) is 11.3 Å². The lowest BCUT2D eigenvalue weighted by Crippen LogP contribution is -2.30. The van der Waals surface area contributed by atoms with Crippen LogP contribution in [0.3, 0.4) is 0 Å². The van der Waals surface area contributed by atoms with Crippen LogP contribution in [0.1, 0.15) is 32.9 Å². The summed E-state index contributed by atoms with van der Waals surface area (Å²) in [6.45, 7) is 7.66. The summed E-state index contributed by atoms with van der Waals surface area (Å²) in [4.78, 5) is 0. The van der Waals surface area contributed by atoms with E-state index in [1.165, 1.54) is 23.0 Å². The first-order chi connectivity index (χ1) is 10.0. The van der Waals surface area contributed by atoms with Crippen molar-refractivity contribution in [3.8, 4) is 0 Å². The van der Waals surface area contributed by atoms with Crippen LogP contribution < -0.4 is 0 Å². The van der Waals surface area contributed by atoms with Crippen molar-refractivity contribution < 1.29 is 0 Å². The van der Waals surface area contributed by atoms with Crippen LogP contribution in [0.25, 0.3) is 10.9 Å². The van der Waals surface area contributed by atoms with Crippen LogP contribution in [0.4, 0.5) is 0 Å². The highest BCUT2D eigenvalue weighted by Crippen LogP contribution is 2.36. The molecule has 1 aromatic heterocycles. The molecule has 2 rings (SSSR count). The average Bonchev–Trinajstić information content (AvgIpc) is 2.84. The van der Waals surface area contributed by atoms with E-state index in [0.717, 1.165) is 23.6 Å². The van der Waals surface area contributed by atoms with Crippen LogP contribution in [-0.2, 0) is 13.0 Å². The first-order valence-electron chi connectivity index (χ1n) is 7.61. The molecular formula is C17H24Br2N2. The van der Waals surface area contributed by atoms with E-state index in [9.17, 15) is 0 Å². The summed E-state index contributed by atoms with van der Waals surface area (Å²) in [6, 6.07) is 8.57. The first-order valence-corrected chi connectivity index (χ1v) is 9.86. The monoisotopic (exact) mass is 414 g/mol. The predicted molar refractivity (Wildman–Crippen MR) is 98.6 cm³/mol. The number of fused-ring (bicyclic) bond motifs is 1. The van der Waals surface area contributed by atoms with Gasteiger partial charge in [0.1, 0.15) is 0 Å². The second kappa shape index (κ2) is 7.28. The molecule has 0 atom stereocenters. The second-order valence-electron chi connectivity index (χ2n) is 6.32. The zero-order valence-corrected chi connectivity index (χ0v) is 16.2. The van der Waals surface area contributed by atoms with Gasteiger partial charge < -0.3 is 0 Å². The van der Waals surface area contributed by atoms with Gasteiger partial charge in [-0.05, 0) is 37.2 Å². The zero-order valence-electron chi connectivity index (χ0n) is 13.1. The molecule has 2 nitrogen and oxygen atoms in total. The van der Waals surface area contributed by atoms with E-state index in [1.807, 2.05) is 0 Å². The van der Waals surface area contributed by atoms with Gasteiger partial charge in [-0.15, -0.1) is 0 Å². The summed E-state index contributed by atoms with van der Waals surface area (Å²) in [5.41, 5.74) is 2.70. The molecule has 21 heavy (non-hydrogen) atoms. The highest BCUT2D eigenvalue weighted by atomic mass is 79.9. The Morgan fingerprint density at radius 3 is 2.43 bits per heavy atom. The fourth-order valence-electron chi connectivity index (χ4n) is 3.10. The summed E-state index contributed by atoms with van der Waals surface area (Å²) < 4.78 is 2.12. The number of aromatic nitrogens is 2. The Balaban J connectivity index is 2.41. The SMILES string of the molecule is CCn1nc(CC(CBr)(CBr)CC(C)C)c2ccccc21. The lowest BCUT2D eigenvalue weighted by atomic mass is 9.79. The van der Waals surface area contributed by atoms with E-state index < -0.39 is 0 Å². The van der Waals surface area contributed by atoms with E-state index >= 15 is 0 Å². The van der Waals surface area contributed by atoms with E-state index in [4.69, 9.17) is 5.10 Å². The topological polar surface area (TPSA) is 17.8 Å². The summed E-state index contributed by atoms with van der Waals surface area (Å²) in [5.74, 6) is 0.680. The Morgan fingerprint density at radius 2 is 1.86 bits per heavy atom. The minimum atomic E-state index is 0.226. The van der Waals surface area contributed by atoms with Crippen LogP contribution in [-0.4, -0.2) is 20.4 Å². The normalized spacial score (nSPS) is 12.5. The lowest BCUT2D eigenvalue weighted by molar-refractivity contribution is 0.301. The van der Waals surface area contributed by atoms with Crippen molar-refractivity contribution in [2.75, 3.05) is 10.7 Å². The van der Waals surface area contributed by atoms with Crippen molar-refractivity contribution in [1.82, 2.24) is 9.78 Å². The van der Waals surface area contributed by atoms with Gasteiger partial charge >= 0.3 is 0 Å². The van der Waals surface area contributed by atoms with Crippen molar-refractivity contribution >= 4 is 42.8 Å². The Kier molecular flexibility index (Phi) is 5.89. The van der Waals surface area contributed by atoms with Crippen LogP contribution in [0.5, 0.6) is 0 Å². The van der Waals surface area contributed by atoms with Gasteiger partial charge in [0.25, 0.3) is 0 Å². The van der Waals surface area contributed by atoms with Gasteiger partial charge in [-0.3, -0.25) is 4.68 Å². The standard InChI is InChI=1S/C17H24Br2N2/c1-4-21-16-8-6-5-7-14(16)15(20-21)10-17(11-18,12-19)9-13(2)3/h5-8,13H,4,9-12H2,1-3H3. The third kappa shape index (κ3) is 3.70. The molecular weight excluding hydrogens is 392 g/mol. The predicted octanol–water partition coefficient (Wildman–Crippen LogP) is 5.42. The van der Waals surface area contributed by atoms with Crippen LogP contribution in [0.15, 0.2) is 24.3 Å². The first kappa shape index (κ1) is 17.0. The van der Waals surface area contributed by atoms with Gasteiger partial charge in [-0.1, -0.05) is 63.9 Å². The van der Waals surface area contributed by atoms with Crippen molar-refractivity contribution in [1.29, 1.82) is 0 Å². The molecule has 0 amide bonds. The molecule has 0 N–H and O–H groups in total. The summed E-state index contributed by atoms with van der Waals surface area (Å²) in [6.07, 6.45) is 2.20. The molecule has 0 aliphatic rings. The van der Waals surface area contributed by atoms with Gasteiger partial charge in [-0.25, -0.2) is 0 Å². The summed E-state index contributed by atoms with van der Waals surface area (Å²) in [7, 11) is 0. The molecule has 0 unspecified atom stereocenters. The fourth-order valence-corrected chi connectivity index (χ4v) is 4.88. The largest absolute Gasteiger partial charge is 0.265 e. The number of para-hydroxylation sites is 1. The zero-order chi connectivity index (χ0) is 15.5. The summed E-state index contributed by atoms with van der Waals surface area (Å²) in [5, 5.41) is 8.16. The number of halogens is 2. The van der Waals surface area contributed by atoms with Gasteiger partial charge in [0, 0.05) is 22.6 Å². The maximum absolute atomic E-state index is 4.87. The Morgan fingerprint density at radius 1 is 1.19 bits per heavy atom. The fraction of sp³-hybridized carbons (Fsp3) is 0.588. The number of hydrogen-bond donors (Lipinski definition) is 0. The minimum Gasteiger partial charge on any atom is -0.265 e. The van der Waals surface area contributed by atoms with Gasteiger partial charge in [0.05, 0.1) is 11.2 Å². The van der Waals surface area contributed by atoms with E-state index in [0.29, 0.717) is 5.92 Å². The van der Waals surface area contributed by atoms with Crippen molar-refractivity contribution in [3.05, 3.63) is 30.0 Å². The molecule has 1 aromatic carbocycles. The molecule has 0 aliphatic carbocycles. The molecule has 0 fully saturated rings. The number of benzene rings is 1. The average molecular weight is 416 g/mol. The number of alkyl halides is 2. The Hall–Kier alpha value is -0.350. The number of rotatable bonds is 7. The Labute approximate surface area is 144 Å². The molecule has 0 aliphatic heterocycles. The van der Waals surface area contributed by atoms with Gasteiger partial charge in [-0.2, -0.15) is 5.10 Å². The third-order valence-electron chi connectivity index (χ3n) is 3.98. The van der Waals surface area contributed by atoms with E-state index in [2.05, 4.69) is 81.6 Å². The molecule has 2 aromatic rings. The highest BCUT2D eigenvalue weighted by Gasteiger charge is 2.31. The quantitative estimate of drug-likeness (QED) is 0.552. The second-order valence-corrected chi connectivity index (χ2v) is 7.44. The maximum Gasteiger partial charge on any atom is 0.0709 e. The van der Waals surface area contributed by atoms with Gasteiger partial charge in [0.15, 0.2) is 0 Å². The lowest BCUT2D eigenvalue weighted by Gasteiger charge is -2.31. The molecule has 0 radical (unpaired) electrons. The molecule has 1 heterocycles. The van der Waals surface area contributed by atoms with Crippen LogP contribution >= 0.6 is 31.9 Å². The maximum atomic E-state index is 4.87. The van der Waals surface area contributed by atoms with Crippen molar-refractivity contribution in [3.63, 3.8) is 0 Å². The van der Waals surface area contributed by atoms with E-state index in [1.54, 1.807) is 0 Å². The van der Waals surface area contributed by atoms with Crippen molar-refractivity contribution in [2.45, 2.75) is 40.2 Å². The highest BCUT2D eigenvalue weighted by molar-refractivity contribution is 9.09. The van der Waals surface area contributed by atoms with Crippen LogP contribution in [0.2, 0.25) is 0 Å². The number of hydrogen-bond acceptors (Lipinski definition) is 1. The van der Waals surface area contributed by atoms with E-state index in [-0.39, 0.29) is 5.41 Å². The molecule has 0 saturated heterocycles. The van der Waals surface area contributed by atoms with Crippen molar-refractivity contribution in [2.24, 2.45) is 11.3 Å². The summed E-state index contributed by atoms with van der Waals surface area (Å²) >= 11 is 7.49. The molecule has 0 bridgehead atoms. The number of aryl methyl sites for hydroxylation is 1. The molecule has 4 heteroatoms. The smallest absolute Gasteiger partial charge is 0.0709 e. The molecule has 0 spiro atoms. The Bertz CT molecular complexity index is 585. The van der Waals surface area contributed by atoms with Gasteiger partial charge in [0.2, 0.25) is 0 Å². The third-order valence-corrected chi connectivity index (χ3v) is 6.36. The number of nitrogens with zero attached hydrogens (tertiary/aromatic N) is 2. The molecule has 116 valence electrons. The molecule has 0 saturated carbocycles.